The molecule has 0 radical (unpaired) electrons. The van der Waals surface area contributed by atoms with Crippen molar-refractivity contribution in [2.75, 3.05) is 12.9 Å². The number of hydrogen-bond acceptors (Lipinski definition) is 3. The summed E-state index contributed by atoms with van der Waals surface area (Å²) in [6.07, 6.45) is 0. The molecule has 2 rings (SSSR count). The van der Waals surface area contributed by atoms with Crippen LogP contribution in [0.5, 0.6) is 5.75 Å². The molecule has 2 aromatic carbocycles. The molecule has 1 amide bonds. The molecule has 1 unspecified atom stereocenters. The first-order chi connectivity index (χ1) is 11.5. The third-order valence-electron chi connectivity index (χ3n) is 3.65. The van der Waals surface area contributed by atoms with Gasteiger partial charge >= 0.3 is 0 Å². The lowest BCUT2D eigenvalue weighted by Gasteiger charge is -2.23. The number of halogens is 1. The second-order valence-corrected chi connectivity index (χ2v) is 6.80. The smallest absolute Gasteiger partial charge is 0.230 e. The largest absolute Gasteiger partial charge is 0.497 e. The molecular weight excluding hydrogens is 325 g/mol. The van der Waals surface area contributed by atoms with Crippen molar-refractivity contribution >= 4 is 17.7 Å². The zero-order valence-electron chi connectivity index (χ0n) is 14.1. The van der Waals surface area contributed by atoms with Gasteiger partial charge in [0.1, 0.15) is 11.6 Å². The number of rotatable bonds is 7. The molecule has 0 aliphatic carbocycles. The molecule has 0 heterocycles. The van der Waals surface area contributed by atoms with Gasteiger partial charge in [0.25, 0.3) is 0 Å². The fourth-order valence-corrected chi connectivity index (χ4v) is 3.12. The minimum Gasteiger partial charge on any atom is -0.497 e. The normalized spacial score (nSPS) is 12.0. The van der Waals surface area contributed by atoms with Gasteiger partial charge in [-0.05, 0) is 35.7 Å². The summed E-state index contributed by atoms with van der Waals surface area (Å²) < 4.78 is 18.8. The summed E-state index contributed by atoms with van der Waals surface area (Å²) in [5.41, 5.74) is 1.02. The Balaban J connectivity index is 1.99. The van der Waals surface area contributed by atoms with Crippen molar-refractivity contribution in [3.63, 3.8) is 0 Å². The minimum atomic E-state index is -0.300. The molecule has 128 valence electrons. The zero-order valence-corrected chi connectivity index (χ0v) is 14.9. The number of carbonyl (C=O) groups is 1. The molecule has 0 aliphatic heterocycles. The molecule has 24 heavy (non-hydrogen) atoms. The molecule has 0 spiro atoms. The zero-order chi connectivity index (χ0) is 17.5. The molecule has 0 fully saturated rings. The van der Waals surface area contributed by atoms with Crippen molar-refractivity contribution in [3.05, 3.63) is 59.9 Å². The number of ether oxygens (including phenoxy) is 1. The summed E-state index contributed by atoms with van der Waals surface area (Å²) in [6, 6.07) is 14.0. The Kier molecular flexibility index (Phi) is 6.67. The summed E-state index contributed by atoms with van der Waals surface area (Å²) in [7, 11) is 1.62. The molecular formula is C19H22FNO2S. The fourth-order valence-electron chi connectivity index (χ4n) is 2.37. The lowest BCUT2D eigenvalue weighted by atomic mass is 9.96. The first-order valence-electron chi connectivity index (χ1n) is 7.82. The fraction of sp³-hybridized carbons (Fsp3) is 0.316. The van der Waals surface area contributed by atoms with Crippen LogP contribution in [-0.2, 0) is 4.79 Å². The van der Waals surface area contributed by atoms with Crippen LogP contribution in [0.2, 0.25) is 0 Å². The summed E-state index contributed by atoms with van der Waals surface area (Å²) in [4.78, 5) is 12.7. The average molecular weight is 347 g/mol. The lowest BCUT2D eigenvalue weighted by molar-refractivity contribution is -0.119. The maximum atomic E-state index is 13.6. The summed E-state index contributed by atoms with van der Waals surface area (Å²) in [6.45, 7) is 4.11. The van der Waals surface area contributed by atoms with Crippen LogP contribution in [0.3, 0.4) is 0 Å². The highest BCUT2D eigenvalue weighted by molar-refractivity contribution is 8.00. The molecule has 0 aromatic heterocycles. The van der Waals surface area contributed by atoms with E-state index in [-0.39, 0.29) is 29.4 Å². The van der Waals surface area contributed by atoms with Gasteiger partial charge < -0.3 is 10.1 Å². The topological polar surface area (TPSA) is 38.3 Å². The van der Waals surface area contributed by atoms with Crippen LogP contribution in [0.25, 0.3) is 0 Å². The van der Waals surface area contributed by atoms with E-state index in [1.165, 1.54) is 17.8 Å². The standard InChI is InChI=1S/C19H22FNO2S/c1-13(2)19(14-8-10-15(23-3)11-9-14)21-18(22)12-24-17-7-5-4-6-16(17)20/h4-11,13,19H,12H2,1-3H3,(H,21,22). The highest BCUT2D eigenvalue weighted by Gasteiger charge is 2.18. The molecule has 3 nitrogen and oxygen atoms in total. The second-order valence-electron chi connectivity index (χ2n) is 5.78. The van der Waals surface area contributed by atoms with Gasteiger partial charge in [0.15, 0.2) is 0 Å². The van der Waals surface area contributed by atoms with Gasteiger partial charge in [0, 0.05) is 4.90 Å². The van der Waals surface area contributed by atoms with Gasteiger partial charge in [-0.1, -0.05) is 38.1 Å². The minimum absolute atomic E-state index is 0.0929. The molecule has 1 N–H and O–H groups in total. The molecule has 2 aromatic rings. The molecule has 0 saturated carbocycles. The first kappa shape index (κ1) is 18.3. The Labute approximate surface area is 146 Å². The molecule has 0 saturated heterocycles. The predicted molar refractivity (Wildman–Crippen MR) is 95.8 cm³/mol. The van der Waals surface area contributed by atoms with Crippen molar-refractivity contribution in [2.45, 2.75) is 24.8 Å². The Morgan fingerprint density at radius 2 is 1.83 bits per heavy atom. The average Bonchev–Trinajstić information content (AvgIpc) is 2.59. The molecule has 0 bridgehead atoms. The maximum Gasteiger partial charge on any atom is 0.230 e. The van der Waals surface area contributed by atoms with Crippen LogP contribution in [0.4, 0.5) is 4.39 Å². The molecule has 5 heteroatoms. The van der Waals surface area contributed by atoms with Gasteiger partial charge in [0.05, 0.1) is 18.9 Å². The van der Waals surface area contributed by atoms with Gasteiger partial charge in [-0.2, -0.15) is 0 Å². The summed E-state index contributed by atoms with van der Waals surface area (Å²) in [5, 5.41) is 3.04. The Morgan fingerprint density at radius 1 is 1.17 bits per heavy atom. The van der Waals surface area contributed by atoms with Crippen molar-refractivity contribution in [3.8, 4) is 5.75 Å². The van der Waals surface area contributed by atoms with Crippen LogP contribution in [0.1, 0.15) is 25.5 Å². The quantitative estimate of drug-likeness (QED) is 0.753. The van der Waals surface area contributed by atoms with Crippen LogP contribution < -0.4 is 10.1 Å². The van der Waals surface area contributed by atoms with Crippen LogP contribution in [0, 0.1) is 11.7 Å². The van der Waals surface area contributed by atoms with E-state index in [9.17, 15) is 9.18 Å². The van der Waals surface area contributed by atoms with Crippen LogP contribution in [-0.4, -0.2) is 18.8 Å². The Bertz CT molecular complexity index is 673. The van der Waals surface area contributed by atoms with Crippen molar-refractivity contribution in [2.24, 2.45) is 5.92 Å². The van der Waals surface area contributed by atoms with Crippen molar-refractivity contribution < 1.29 is 13.9 Å². The van der Waals surface area contributed by atoms with Gasteiger partial charge in [-0.3, -0.25) is 4.79 Å². The van der Waals surface area contributed by atoms with E-state index in [0.29, 0.717) is 4.90 Å². The van der Waals surface area contributed by atoms with Gasteiger partial charge in [-0.15, -0.1) is 11.8 Å². The van der Waals surface area contributed by atoms with E-state index in [1.807, 2.05) is 24.3 Å². The van der Waals surface area contributed by atoms with Crippen molar-refractivity contribution in [1.82, 2.24) is 5.32 Å². The number of carbonyl (C=O) groups excluding carboxylic acids is 1. The van der Waals surface area contributed by atoms with E-state index < -0.39 is 0 Å². The number of benzene rings is 2. The van der Waals surface area contributed by atoms with Gasteiger partial charge in [0.2, 0.25) is 5.91 Å². The summed E-state index contributed by atoms with van der Waals surface area (Å²) >= 11 is 1.20. The maximum absolute atomic E-state index is 13.6. The highest BCUT2D eigenvalue weighted by atomic mass is 32.2. The third kappa shape index (κ3) is 4.99. The number of amides is 1. The number of hydrogen-bond donors (Lipinski definition) is 1. The monoisotopic (exact) mass is 347 g/mol. The number of thioether (sulfide) groups is 1. The highest BCUT2D eigenvalue weighted by Crippen LogP contribution is 2.25. The van der Waals surface area contributed by atoms with E-state index >= 15 is 0 Å². The van der Waals surface area contributed by atoms with E-state index in [1.54, 1.807) is 25.3 Å². The van der Waals surface area contributed by atoms with Crippen LogP contribution in [0.15, 0.2) is 53.4 Å². The third-order valence-corrected chi connectivity index (χ3v) is 4.70. The lowest BCUT2D eigenvalue weighted by Crippen LogP contribution is -2.33. The van der Waals surface area contributed by atoms with Crippen LogP contribution >= 0.6 is 11.8 Å². The van der Waals surface area contributed by atoms with E-state index in [0.717, 1.165) is 11.3 Å². The first-order valence-corrected chi connectivity index (χ1v) is 8.80. The predicted octanol–water partition coefficient (Wildman–Crippen LogP) is 4.44. The SMILES string of the molecule is COc1ccc(C(NC(=O)CSc2ccccc2F)C(C)C)cc1. The number of methoxy groups -OCH3 is 1. The Morgan fingerprint density at radius 3 is 2.42 bits per heavy atom. The molecule has 0 aliphatic rings. The van der Waals surface area contributed by atoms with E-state index in [2.05, 4.69) is 19.2 Å². The molecule has 1 atom stereocenters. The summed E-state index contributed by atoms with van der Waals surface area (Å²) in [5.74, 6) is 0.785. The van der Waals surface area contributed by atoms with Crippen molar-refractivity contribution in [1.29, 1.82) is 0 Å². The van der Waals surface area contributed by atoms with Gasteiger partial charge in [-0.25, -0.2) is 4.39 Å². The number of nitrogens with one attached hydrogen (secondary N) is 1. The second kappa shape index (κ2) is 8.73. The van der Waals surface area contributed by atoms with E-state index in [4.69, 9.17) is 4.74 Å². The Hall–Kier alpha value is -2.01.